The van der Waals surface area contributed by atoms with Gasteiger partial charge in [-0.05, 0) is 42.7 Å². The number of pyridine rings is 1. The van der Waals surface area contributed by atoms with Gasteiger partial charge in [-0.3, -0.25) is 4.79 Å². The first-order valence-electron chi connectivity index (χ1n) is 6.72. The maximum atomic E-state index is 12.3. The fourth-order valence-corrected chi connectivity index (χ4v) is 2.25. The SMILES string of the molecule is Cc1ccc(NC(=O)c2cc(N)nc(C(C)C)c2)cc1Br. The number of amides is 1. The van der Waals surface area contributed by atoms with Gasteiger partial charge in [0.1, 0.15) is 5.82 Å². The molecule has 0 aliphatic carbocycles. The maximum absolute atomic E-state index is 12.3. The average Bonchev–Trinajstić information content (AvgIpc) is 2.42. The van der Waals surface area contributed by atoms with Gasteiger partial charge in [0.15, 0.2) is 0 Å². The minimum Gasteiger partial charge on any atom is -0.384 e. The second kappa shape index (κ2) is 6.26. The third-order valence-electron chi connectivity index (χ3n) is 3.15. The third kappa shape index (κ3) is 3.82. The quantitative estimate of drug-likeness (QED) is 0.877. The Kier molecular flexibility index (Phi) is 4.63. The molecular formula is C16H18BrN3O. The van der Waals surface area contributed by atoms with Crippen LogP contribution in [-0.4, -0.2) is 10.9 Å². The van der Waals surface area contributed by atoms with Gasteiger partial charge in [0, 0.05) is 21.4 Å². The lowest BCUT2D eigenvalue weighted by Crippen LogP contribution is -2.14. The minimum atomic E-state index is -0.193. The van der Waals surface area contributed by atoms with Gasteiger partial charge in [-0.15, -0.1) is 0 Å². The van der Waals surface area contributed by atoms with E-state index < -0.39 is 0 Å². The van der Waals surface area contributed by atoms with Crippen molar-refractivity contribution >= 4 is 33.3 Å². The molecule has 110 valence electrons. The van der Waals surface area contributed by atoms with E-state index in [2.05, 4.69) is 26.2 Å². The normalized spacial score (nSPS) is 10.7. The number of benzene rings is 1. The summed E-state index contributed by atoms with van der Waals surface area (Å²) in [6.07, 6.45) is 0. The first-order chi connectivity index (χ1) is 9.86. The van der Waals surface area contributed by atoms with Crippen molar-refractivity contribution in [3.05, 3.63) is 51.6 Å². The van der Waals surface area contributed by atoms with Crippen molar-refractivity contribution in [3.8, 4) is 0 Å². The Morgan fingerprint density at radius 1 is 1.29 bits per heavy atom. The molecule has 0 saturated carbocycles. The molecule has 4 nitrogen and oxygen atoms in total. The van der Waals surface area contributed by atoms with E-state index in [4.69, 9.17) is 5.73 Å². The van der Waals surface area contributed by atoms with E-state index in [1.807, 2.05) is 39.0 Å². The van der Waals surface area contributed by atoms with E-state index in [9.17, 15) is 4.79 Å². The molecule has 0 atom stereocenters. The van der Waals surface area contributed by atoms with Crippen molar-refractivity contribution < 1.29 is 4.79 Å². The predicted octanol–water partition coefficient (Wildman–Crippen LogP) is 4.11. The van der Waals surface area contributed by atoms with Crippen molar-refractivity contribution in [2.45, 2.75) is 26.7 Å². The van der Waals surface area contributed by atoms with Crippen molar-refractivity contribution in [1.82, 2.24) is 4.98 Å². The van der Waals surface area contributed by atoms with Crippen LogP contribution in [0.15, 0.2) is 34.8 Å². The molecule has 0 aliphatic rings. The minimum absolute atomic E-state index is 0.193. The van der Waals surface area contributed by atoms with Gasteiger partial charge in [-0.1, -0.05) is 35.8 Å². The number of halogens is 1. The second-order valence-corrected chi connectivity index (χ2v) is 6.13. The van der Waals surface area contributed by atoms with Gasteiger partial charge in [0.2, 0.25) is 0 Å². The molecule has 1 aromatic carbocycles. The standard InChI is InChI=1S/C16H18BrN3O/c1-9(2)14-6-11(7-15(18)20-14)16(21)19-12-5-4-10(3)13(17)8-12/h4-9H,1-3H3,(H2,18,20)(H,19,21). The Balaban J connectivity index is 2.25. The van der Waals surface area contributed by atoms with Crippen molar-refractivity contribution in [2.75, 3.05) is 11.1 Å². The summed E-state index contributed by atoms with van der Waals surface area (Å²) >= 11 is 3.45. The lowest BCUT2D eigenvalue weighted by Gasteiger charge is -2.10. The molecule has 2 aromatic rings. The smallest absolute Gasteiger partial charge is 0.255 e. The van der Waals surface area contributed by atoms with Gasteiger partial charge in [-0.25, -0.2) is 4.98 Å². The highest BCUT2D eigenvalue weighted by molar-refractivity contribution is 9.10. The van der Waals surface area contributed by atoms with E-state index in [1.54, 1.807) is 12.1 Å². The molecule has 1 heterocycles. The van der Waals surface area contributed by atoms with Crippen LogP contribution in [0.5, 0.6) is 0 Å². The zero-order chi connectivity index (χ0) is 15.6. The molecule has 5 heteroatoms. The monoisotopic (exact) mass is 347 g/mol. The highest BCUT2D eigenvalue weighted by Gasteiger charge is 2.11. The van der Waals surface area contributed by atoms with Crippen LogP contribution in [0, 0.1) is 6.92 Å². The van der Waals surface area contributed by atoms with Crippen LogP contribution in [0.2, 0.25) is 0 Å². The molecule has 3 N–H and O–H groups in total. The average molecular weight is 348 g/mol. The van der Waals surface area contributed by atoms with Crippen LogP contribution in [-0.2, 0) is 0 Å². The molecular weight excluding hydrogens is 330 g/mol. The van der Waals surface area contributed by atoms with Crippen LogP contribution in [0.25, 0.3) is 0 Å². The maximum Gasteiger partial charge on any atom is 0.255 e. The fourth-order valence-electron chi connectivity index (χ4n) is 1.87. The number of nitrogens with zero attached hydrogens (tertiary/aromatic N) is 1. The van der Waals surface area contributed by atoms with Crippen molar-refractivity contribution in [1.29, 1.82) is 0 Å². The number of nitrogens with one attached hydrogen (secondary N) is 1. The molecule has 0 spiro atoms. The number of aromatic nitrogens is 1. The zero-order valence-electron chi connectivity index (χ0n) is 12.3. The molecule has 21 heavy (non-hydrogen) atoms. The molecule has 0 fully saturated rings. The van der Waals surface area contributed by atoms with Gasteiger partial charge in [-0.2, -0.15) is 0 Å². The Morgan fingerprint density at radius 2 is 2.00 bits per heavy atom. The summed E-state index contributed by atoms with van der Waals surface area (Å²) in [5, 5.41) is 2.87. The number of anilines is 2. The van der Waals surface area contributed by atoms with Crippen LogP contribution in [0.1, 0.15) is 41.4 Å². The number of carbonyl (C=O) groups is 1. The Morgan fingerprint density at radius 3 is 2.62 bits per heavy atom. The number of carbonyl (C=O) groups excluding carboxylic acids is 1. The van der Waals surface area contributed by atoms with Gasteiger partial charge >= 0.3 is 0 Å². The van der Waals surface area contributed by atoms with Crippen LogP contribution >= 0.6 is 15.9 Å². The number of hydrogen-bond acceptors (Lipinski definition) is 3. The number of hydrogen-bond donors (Lipinski definition) is 2. The first kappa shape index (κ1) is 15.5. The Labute approximate surface area is 132 Å². The largest absolute Gasteiger partial charge is 0.384 e. The lowest BCUT2D eigenvalue weighted by molar-refractivity contribution is 0.102. The summed E-state index contributed by atoms with van der Waals surface area (Å²) in [5.41, 5.74) is 8.95. The van der Waals surface area contributed by atoms with Crippen LogP contribution < -0.4 is 11.1 Å². The molecule has 1 aromatic heterocycles. The molecule has 0 unspecified atom stereocenters. The van der Waals surface area contributed by atoms with E-state index in [1.165, 1.54) is 0 Å². The molecule has 0 aliphatic heterocycles. The molecule has 0 radical (unpaired) electrons. The lowest BCUT2D eigenvalue weighted by atomic mass is 10.1. The summed E-state index contributed by atoms with van der Waals surface area (Å²) in [5.74, 6) is 0.381. The zero-order valence-corrected chi connectivity index (χ0v) is 13.9. The van der Waals surface area contributed by atoms with Gasteiger partial charge in [0.05, 0.1) is 0 Å². The third-order valence-corrected chi connectivity index (χ3v) is 4.00. The Bertz CT molecular complexity index is 683. The van der Waals surface area contributed by atoms with Crippen molar-refractivity contribution in [3.63, 3.8) is 0 Å². The fraction of sp³-hybridized carbons (Fsp3) is 0.250. The van der Waals surface area contributed by atoms with E-state index in [0.29, 0.717) is 11.4 Å². The first-order valence-corrected chi connectivity index (χ1v) is 7.51. The highest BCUT2D eigenvalue weighted by atomic mass is 79.9. The van der Waals surface area contributed by atoms with Gasteiger partial charge < -0.3 is 11.1 Å². The number of aryl methyl sites for hydroxylation is 1. The molecule has 1 amide bonds. The van der Waals surface area contributed by atoms with Crippen LogP contribution in [0.4, 0.5) is 11.5 Å². The van der Waals surface area contributed by atoms with Crippen molar-refractivity contribution in [2.24, 2.45) is 0 Å². The summed E-state index contributed by atoms with van der Waals surface area (Å²) in [6.45, 7) is 6.02. The molecule has 0 bridgehead atoms. The van der Waals surface area contributed by atoms with E-state index in [-0.39, 0.29) is 11.8 Å². The highest BCUT2D eigenvalue weighted by Crippen LogP contribution is 2.22. The molecule has 2 rings (SSSR count). The number of nitrogens with two attached hydrogens (primary N) is 1. The van der Waals surface area contributed by atoms with Gasteiger partial charge in [0.25, 0.3) is 5.91 Å². The summed E-state index contributed by atoms with van der Waals surface area (Å²) in [7, 11) is 0. The van der Waals surface area contributed by atoms with E-state index in [0.717, 1.165) is 21.4 Å². The van der Waals surface area contributed by atoms with E-state index >= 15 is 0 Å². The topological polar surface area (TPSA) is 68.0 Å². The second-order valence-electron chi connectivity index (χ2n) is 5.28. The predicted molar refractivity (Wildman–Crippen MR) is 89.6 cm³/mol. The summed E-state index contributed by atoms with van der Waals surface area (Å²) in [4.78, 5) is 16.6. The summed E-state index contributed by atoms with van der Waals surface area (Å²) in [6, 6.07) is 9.05. The number of nitrogen functional groups attached to an aromatic ring is 1. The number of rotatable bonds is 3. The summed E-state index contributed by atoms with van der Waals surface area (Å²) < 4.78 is 0.956. The van der Waals surface area contributed by atoms with Crippen LogP contribution in [0.3, 0.4) is 0 Å². The molecule has 0 saturated heterocycles. The Hall–Kier alpha value is -1.88.